The van der Waals surface area contributed by atoms with Crippen molar-refractivity contribution < 1.29 is 9.52 Å². The Bertz CT molecular complexity index is 881. The van der Waals surface area contributed by atoms with Gasteiger partial charge in [0.1, 0.15) is 6.04 Å². The van der Waals surface area contributed by atoms with E-state index in [0.717, 1.165) is 5.69 Å². The predicted octanol–water partition coefficient (Wildman–Crippen LogP) is 2.67. The molecule has 0 aliphatic rings. The zero-order valence-electron chi connectivity index (χ0n) is 14.3. The molecule has 1 atom stereocenters. The maximum Gasteiger partial charge on any atom is 0.249 e. The molecule has 1 N–H and O–H groups in total. The van der Waals surface area contributed by atoms with Gasteiger partial charge in [-0.1, -0.05) is 28.4 Å². The van der Waals surface area contributed by atoms with Crippen molar-refractivity contribution in [1.29, 1.82) is 0 Å². The van der Waals surface area contributed by atoms with Crippen LogP contribution in [0.5, 0.6) is 0 Å². The first kappa shape index (κ1) is 18.8. The van der Waals surface area contributed by atoms with Gasteiger partial charge in [0.2, 0.25) is 11.8 Å². The molecule has 0 bridgehead atoms. The normalized spacial score (nSPS) is 12.7. The van der Waals surface area contributed by atoms with Crippen LogP contribution in [0, 0.1) is 0 Å². The summed E-state index contributed by atoms with van der Waals surface area (Å²) >= 11 is 12.1. The van der Waals surface area contributed by atoms with Crippen LogP contribution in [-0.4, -0.2) is 55.4 Å². The molecule has 0 aliphatic heterocycles. The predicted molar refractivity (Wildman–Crippen MR) is 97.0 cm³/mol. The smallest absolute Gasteiger partial charge is 0.249 e. The largest absolute Gasteiger partial charge is 0.418 e. The molecule has 0 amide bonds. The molecule has 2 heterocycles. The van der Waals surface area contributed by atoms with Crippen molar-refractivity contribution in [2.45, 2.75) is 19.5 Å². The Balaban J connectivity index is 1.76. The van der Waals surface area contributed by atoms with E-state index >= 15 is 0 Å². The standard InChI is InChI=1S/C16H18Cl2N6O2/c1-10(24-9-12(19-22-24)8-23(2)5-6-25)15-20-21-16(26-15)13-4-3-11(17)7-14(13)18/h3-4,7,9-10,25H,5-6,8H2,1-2H3. The van der Waals surface area contributed by atoms with Gasteiger partial charge in [0.15, 0.2) is 0 Å². The van der Waals surface area contributed by atoms with Crippen molar-refractivity contribution in [3.8, 4) is 11.5 Å². The molecule has 0 aliphatic carbocycles. The van der Waals surface area contributed by atoms with Crippen LogP contribution in [0.25, 0.3) is 11.5 Å². The van der Waals surface area contributed by atoms with Crippen molar-refractivity contribution in [1.82, 2.24) is 30.1 Å². The molecule has 0 saturated carbocycles. The molecule has 10 heteroatoms. The first-order valence-electron chi connectivity index (χ1n) is 7.97. The minimum Gasteiger partial charge on any atom is -0.418 e. The lowest BCUT2D eigenvalue weighted by Crippen LogP contribution is -2.21. The van der Waals surface area contributed by atoms with E-state index in [0.29, 0.717) is 40.5 Å². The third-order valence-corrected chi connectivity index (χ3v) is 4.38. The number of hydrogen-bond donors (Lipinski definition) is 1. The topological polar surface area (TPSA) is 93.1 Å². The van der Waals surface area contributed by atoms with E-state index in [1.807, 2.05) is 25.1 Å². The number of hydrogen-bond acceptors (Lipinski definition) is 7. The summed E-state index contributed by atoms with van der Waals surface area (Å²) in [6.45, 7) is 3.13. The Kier molecular flexibility index (Phi) is 5.87. The maximum absolute atomic E-state index is 8.96. The number of nitrogens with zero attached hydrogens (tertiary/aromatic N) is 6. The highest BCUT2D eigenvalue weighted by molar-refractivity contribution is 6.36. The summed E-state index contributed by atoms with van der Waals surface area (Å²) in [6, 6.07) is 4.78. The fourth-order valence-electron chi connectivity index (χ4n) is 2.39. The first-order chi connectivity index (χ1) is 12.5. The molecular formula is C16H18Cl2N6O2. The van der Waals surface area contributed by atoms with Crippen molar-refractivity contribution in [2.75, 3.05) is 20.2 Å². The van der Waals surface area contributed by atoms with Gasteiger partial charge in [0.25, 0.3) is 0 Å². The molecule has 0 spiro atoms. The minimum atomic E-state index is -0.285. The van der Waals surface area contributed by atoms with Crippen LogP contribution in [0.4, 0.5) is 0 Å². The summed E-state index contributed by atoms with van der Waals surface area (Å²) in [7, 11) is 1.90. The van der Waals surface area contributed by atoms with Crippen LogP contribution in [0.15, 0.2) is 28.8 Å². The second-order valence-electron chi connectivity index (χ2n) is 5.90. The van der Waals surface area contributed by atoms with Crippen molar-refractivity contribution in [3.05, 3.63) is 46.0 Å². The molecule has 26 heavy (non-hydrogen) atoms. The Morgan fingerprint density at radius 1 is 1.27 bits per heavy atom. The number of benzene rings is 1. The maximum atomic E-state index is 8.96. The molecule has 1 unspecified atom stereocenters. The summed E-state index contributed by atoms with van der Waals surface area (Å²) < 4.78 is 7.41. The molecule has 0 saturated heterocycles. The average molecular weight is 397 g/mol. The Morgan fingerprint density at radius 2 is 2.08 bits per heavy atom. The second-order valence-corrected chi connectivity index (χ2v) is 6.74. The van der Waals surface area contributed by atoms with Crippen LogP contribution in [-0.2, 0) is 6.54 Å². The lowest BCUT2D eigenvalue weighted by Gasteiger charge is -2.12. The minimum absolute atomic E-state index is 0.0963. The zero-order chi connectivity index (χ0) is 18.7. The lowest BCUT2D eigenvalue weighted by molar-refractivity contribution is 0.216. The summed E-state index contributed by atoms with van der Waals surface area (Å²) in [6.07, 6.45) is 1.82. The number of rotatable bonds is 7. The molecule has 2 aromatic heterocycles. The quantitative estimate of drug-likeness (QED) is 0.655. The molecule has 1 aromatic carbocycles. The summed E-state index contributed by atoms with van der Waals surface area (Å²) in [5, 5.41) is 26.3. The third-order valence-electron chi connectivity index (χ3n) is 3.83. The van der Waals surface area contributed by atoms with E-state index in [1.165, 1.54) is 0 Å². The van der Waals surface area contributed by atoms with Crippen molar-refractivity contribution in [2.24, 2.45) is 0 Å². The molecule has 3 aromatic rings. The van der Waals surface area contributed by atoms with E-state index < -0.39 is 0 Å². The zero-order valence-corrected chi connectivity index (χ0v) is 15.8. The third kappa shape index (κ3) is 4.21. The van der Waals surface area contributed by atoms with Crippen LogP contribution >= 0.6 is 23.2 Å². The Labute approximate surface area is 160 Å². The number of aliphatic hydroxyl groups is 1. The van der Waals surface area contributed by atoms with E-state index in [9.17, 15) is 0 Å². The number of aliphatic hydroxyl groups excluding tert-OH is 1. The first-order valence-corrected chi connectivity index (χ1v) is 8.72. The van der Waals surface area contributed by atoms with Crippen LogP contribution in [0.3, 0.4) is 0 Å². The van der Waals surface area contributed by atoms with Gasteiger partial charge in [-0.25, -0.2) is 4.68 Å². The number of halogens is 2. The van der Waals surface area contributed by atoms with Gasteiger partial charge in [-0.05, 0) is 32.2 Å². The highest BCUT2D eigenvalue weighted by atomic mass is 35.5. The highest BCUT2D eigenvalue weighted by Crippen LogP contribution is 2.30. The van der Waals surface area contributed by atoms with Gasteiger partial charge >= 0.3 is 0 Å². The van der Waals surface area contributed by atoms with E-state index in [2.05, 4.69) is 20.5 Å². The Morgan fingerprint density at radius 3 is 2.81 bits per heavy atom. The van der Waals surface area contributed by atoms with Crippen LogP contribution in [0.1, 0.15) is 24.6 Å². The van der Waals surface area contributed by atoms with Gasteiger partial charge in [0.05, 0.1) is 29.1 Å². The second kappa shape index (κ2) is 8.13. The van der Waals surface area contributed by atoms with Gasteiger partial charge in [0, 0.05) is 18.1 Å². The summed E-state index contributed by atoms with van der Waals surface area (Å²) in [5.41, 5.74) is 1.40. The highest BCUT2D eigenvalue weighted by Gasteiger charge is 2.19. The van der Waals surface area contributed by atoms with Crippen LogP contribution < -0.4 is 0 Å². The number of aromatic nitrogens is 5. The van der Waals surface area contributed by atoms with Crippen LogP contribution in [0.2, 0.25) is 10.0 Å². The lowest BCUT2D eigenvalue weighted by atomic mass is 10.2. The molecule has 0 fully saturated rings. The fraction of sp³-hybridized carbons (Fsp3) is 0.375. The average Bonchev–Trinajstić information content (AvgIpc) is 3.24. The SMILES string of the molecule is CC(c1nnc(-c2ccc(Cl)cc2Cl)o1)n1cc(CN(C)CCO)nn1. The molecule has 0 radical (unpaired) electrons. The van der Waals surface area contributed by atoms with E-state index in [-0.39, 0.29) is 12.6 Å². The molecule has 8 nitrogen and oxygen atoms in total. The van der Waals surface area contributed by atoms with Gasteiger partial charge < -0.3 is 9.52 Å². The summed E-state index contributed by atoms with van der Waals surface area (Å²) in [5.74, 6) is 0.711. The molecule has 3 rings (SSSR count). The Hall–Kier alpha value is -2.00. The van der Waals surface area contributed by atoms with E-state index in [1.54, 1.807) is 22.9 Å². The monoisotopic (exact) mass is 396 g/mol. The van der Waals surface area contributed by atoms with Gasteiger partial charge in [-0.3, -0.25) is 4.90 Å². The fourth-order valence-corrected chi connectivity index (χ4v) is 2.88. The van der Waals surface area contributed by atoms with E-state index in [4.69, 9.17) is 32.7 Å². The van der Waals surface area contributed by atoms with Crippen molar-refractivity contribution in [3.63, 3.8) is 0 Å². The molecular weight excluding hydrogens is 379 g/mol. The number of likely N-dealkylation sites (N-methyl/N-ethyl adjacent to an activating group) is 1. The summed E-state index contributed by atoms with van der Waals surface area (Å²) in [4.78, 5) is 1.95. The van der Waals surface area contributed by atoms with Gasteiger partial charge in [-0.15, -0.1) is 15.3 Å². The van der Waals surface area contributed by atoms with Crippen molar-refractivity contribution >= 4 is 23.2 Å². The molecule has 138 valence electrons. The van der Waals surface area contributed by atoms with Gasteiger partial charge in [-0.2, -0.15) is 0 Å².